The largest absolute Gasteiger partial charge is 0.392 e. The summed E-state index contributed by atoms with van der Waals surface area (Å²) in [5, 5.41) is 7.43. The second kappa shape index (κ2) is 7.63. The van der Waals surface area contributed by atoms with E-state index in [0.29, 0.717) is 19.3 Å². The Morgan fingerprint density at radius 3 is 2.71 bits per heavy atom. The minimum Gasteiger partial charge on any atom is -0.314 e. The van der Waals surface area contributed by atoms with Crippen molar-refractivity contribution in [2.24, 2.45) is 11.8 Å². The van der Waals surface area contributed by atoms with Gasteiger partial charge in [0.25, 0.3) is 0 Å². The van der Waals surface area contributed by atoms with E-state index in [-0.39, 0.29) is 12.0 Å². The molecule has 1 nitrogen and oxygen atoms in total. The number of aryl methyl sites for hydroxylation is 1. The van der Waals surface area contributed by atoms with E-state index in [1.54, 1.807) is 11.3 Å². The van der Waals surface area contributed by atoms with Crippen molar-refractivity contribution in [3.05, 3.63) is 22.4 Å². The van der Waals surface area contributed by atoms with Gasteiger partial charge in [-0.25, -0.2) is 0 Å². The summed E-state index contributed by atoms with van der Waals surface area (Å²) in [6.45, 7) is 2.71. The fraction of sp³-hybridized carbons (Fsp3) is 0.750. The minimum absolute atomic E-state index is 0.0261. The third kappa shape index (κ3) is 4.71. The minimum atomic E-state index is -4.05. The van der Waals surface area contributed by atoms with Crippen molar-refractivity contribution in [2.75, 3.05) is 6.54 Å². The maximum absolute atomic E-state index is 13.3. The second-order valence-electron chi connectivity index (χ2n) is 5.93. The van der Waals surface area contributed by atoms with E-state index in [4.69, 9.17) is 0 Å². The fourth-order valence-electron chi connectivity index (χ4n) is 3.53. The standard InChI is InChI=1S/C16H24F3NS/c1-2-20-15(8-7-12-9-10-21-11-12)13-5-3-4-6-14(13)16(17,18)19/h9-11,13-15,20H,2-8H2,1H3. The quantitative estimate of drug-likeness (QED) is 0.775. The van der Waals surface area contributed by atoms with Crippen LogP contribution >= 0.6 is 11.3 Å². The highest BCUT2D eigenvalue weighted by molar-refractivity contribution is 7.07. The summed E-state index contributed by atoms with van der Waals surface area (Å²) < 4.78 is 39.8. The lowest BCUT2D eigenvalue weighted by Gasteiger charge is -2.38. The highest BCUT2D eigenvalue weighted by atomic mass is 32.1. The second-order valence-corrected chi connectivity index (χ2v) is 6.71. The van der Waals surface area contributed by atoms with Crippen LogP contribution < -0.4 is 5.32 Å². The number of alkyl halides is 3. The first-order chi connectivity index (χ1) is 10.0. The Kier molecular flexibility index (Phi) is 6.11. The molecule has 1 aliphatic carbocycles. The molecule has 0 aliphatic heterocycles. The van der Waals surface area contributed by atoms with Crippen molar-refractivity contribution in [1.82, 2.24) is 5.32 Å². The summed E-state index contributed by atoms with van der Waals surface area (Å²) >= 11 is 1.64. The number of hydrogen-bond acceptors (Lipinski definition) is 2. The molecule has 0 bridgehead atoms. The summed E-state index contributed by atoms with van der Waals surface area (Å²) in [5.74, 6) is -1.39. The monoisotopic (exact) mass is 319 g/mol. The van der Waals surface area contributed by atoms with Crippen LogP contribution in [0.5, 0.6) is 0 Å². The lowest BCUT2D eigenvalue weighted by atomic mass is 9.73. The number of hydrogen-bond donors (Lipinski definition) is 1. The summed E-state index contributed by atoms with van der Waals surface area (Å²) in [5.41, 5.74) is 1.24. The molecule has 1 heterocycles. The highest BCUT2D eigenvalue weighted by Crippen LogP contribution is 2.43. The van der Waals surface area contributed by atoms with Gasteiger partial charge in [0.1, 0.15) is 0 Å². The van der Waals surface area contributed by atoms with Crippen molar-refractivity contribution in [1.29, 1.82) is 0 Å². The van der Waals surface area contributed by atoms with Crippen molar-refractivity contribution in [2.45, 2.75) is 57.7 Å². The molecule has 1 fully saturated rings. The van der Waals surface area contributed by atoms with Crippen LogP contribution in [0.1, 0.15) is 44.6 Å². The van der Waals surface area contributed by atoms with Crippen LogP contribution in [0, 0.1) is 11.8 Å². The molecule has 0 radical (unpaired) electrons. The van der Waals surface area contributed by atoms with E-state index >= 15 is 0 Å². The third-order valence-corrected chi connectivity index (χ3v) is 5.28. The summed E-state index contributed by atoms with van der Waals surface area (Å²) in [6.07, 6.45) is 0.243. The highest BCUT2D eigenvalue weighted by Gasteiger charge is 2.47. The average Bonchev–Trinajstić information content (AvgIpc) is 2.96. The van der Waals surface area contributed by atoms with Gasteiger partial charge in [-0.2, -0.15) is 24.5 Å². The molecule has 0 spiro atoms. The molecule has 0 aromatic carbocycles. The van der Waals surface area contributed by atoms with Gasteiger partial charge in [-0.15, -0.1) is 0 Å². The van der Waals surface area contributed by atoms with Gasteiger partial charge >= 0.3 is 6.18 Å². The Morgan fingerprint density at radius 2 is 2.10 bits per heavy atom. The summed E-state index contributed by atoms with van der Waals surface area (Å²) in [4.78, 5) is 0. The summed E-state index contributed by atoms with van der Waals surface area (Å²) in [7, 11) is 0. The van der Waals surface area contributed by atoms with E-state index < -0.39 is 12.1 Å². The number of rotatable bonds is 6. The van der Waals surface area contributed by atoms with Crippen LogP contribution in [0.15, 0.2) is 16.8 Å². The zero-order valence-electron chi connectivity index (χ0n) is 12.5. The van der Waals surface area contributed by atoms with Gasteiger partial charge in [0.15, 0.2) is 0 Å². The molecule has 1 aliphatic rings. The number of thiophene rings is 1. The lowest BCUT2D eigenvalue weighted by Crippen LogP contribution is -2.45. The van der Waals surface area contributed by atoms with Crippen LogP contribution in [0.3, 0.4) is 0 Å². The van der Waals surface area contributed by atoms with E-state index in [1.807, 2.05) is 12.3 Å². The molecule has 120 valence electrons. The molecular formula is C16H24F3NS. The van der Waals surface area contributed by atoms with Crippen LogP contribution in [0.2, 0.25) is 0 Å². The molecule has 2 rings (SSSR count). The molecule has 3 unspecified atom stereocenters. The molecule has 1 aromatic heterocycles. The summed E-state index contributed by atoms with van der Waals surface area (Å²) in [6, 6.07) is 2.04. The Bertz CT molecular complexity index is 402. The predicted octanol–water partition coefficient (Wildman–Crippen LogP) is 5.03. The van der Waals surface area contributed by atoms with Crippen molar-refractivity contribution < 1.29 is 13.2 Å². The zero-order chi connectivity index (χ0) is 15.3. The van der Waals surface area contributed by atoms with E-state index in [0.717, 1.165) is 25.8 Å². The molecule has 5 heteroatoms. The predicted molar refractivity (Wildman–Crippen MR) is 81.6 cm³/mol. The molecule has 1 N–H and O–H groups in total. The normalized spacial score (nSPS) is 25.0. The Hall–Kier alpha value is -0.550. The van der Waals surface area contributed by atoms with Crippen molar-refractivity contribution >= 4 is 11.3 Å². The molecular weight excluding hydrogens is 295 g/mol. The lowest BCUT2D eigenvalue weighted by molar-refractivity contribution is -0.199. The molecule has 3 atom stereocenters. The zero-order valence-corrected chi connectivity index (χ0v) is 13.3. The van der Waals surface area contributed by atoms with Crippen LogP contribution in [0.4, 0.5) is 13.2 Å². The Balaban J connectivity index is 2.03. The van der Waals surface area contributed by atoms with Crippen molar-refractivity contribution in [3.8, 4) is 0 Å². The number of halogens is 3. The molecule has 1 saturated carbocycles. The van der Waals surface area contributed by atoms with Gasteiger partial charge in [-0.3, -0.25) is 0 Å². The van der Waals surface area contributed by atoms with Crippen molar-refractivity contribution in [3.63, 3.8) is 0 Å². The molecule has 0 amide bonds. The SMILES string of the molecule is CCNC(CCc1ccsc1)C1CCCCC1C(F)(F)F. The van der Waals surface area contributed by atoms with E-state index in [2.05, 4.69) is 16.8 Å². The van der Waals surface area contributed by atoms with Crippen LogP contribution in [0.25, 0.3) is 0 Å². The maximum Gasteiger partial charge on any atom is 0.392 e. The van der Waals surface area contributed by atoms with Gasteiger partial charge in [-0.1, -0.05) is 19.8 Å². The smallest absolute Gasteiger partial charge is 0.314 e. The van der Waals surface area contributed by atoms with Gasteiger partial charge < -0.3 is 5.32 Å². The average molecular weight is 319 g/mol. The van der Waals surface area contributed by atoms with Crippen LogP contribution in [-0.4, -0.2) is 18.8 Å². The molecule has 0 saturated heterocycles. The first kappa shape index (κ1) is 16.8. The Morgan fingerprint density at radius 1 is 1.33 bits per heavy atom. The van der Waals surface area contributed by atoms with Crippen LogP contribution in [-0.2, 0) is 6.42 Å². The number of nitrogens with one attached hydrogen (secondary N) is 1. The fourth-order valence-corrected chi connectivity index (χ4v) is 4.24. The van der Waals surface area contributed by atoms with Gasteiger partial charge in [0.2, 0.25) is 0 Å². The molecule has 21 heavy (non-hydrogen) atoms. The van der Waals surface area contributed by atoms with Gasteiger partial charge in [0, 0.05) is 6.04 Å². The first-order valence-corrected chi connectivity index (χ1v) is 8.77. The van der Waals surface area contributed by atoms with Gasteiger partial charge in [-0.05, 0) is 60.5 Å². The third-order valence-electron chi connectivity index (χ3n) is 4.55. The topological polar surface area (TPSA) is 12.0 Å². The van der Waals surface area contributed by atoms with E-state index in [1.165, 1.54) is 5.56 Å². The van der Waals surface area contributed by atoms with E-state index in [9.17, 15) is 13.2 Å². The Labute approximate surface area is 128 Å². The maximum atomic E-state index is 13.3. The molecule has 1 aromatic rings. The van der Waals surface area contributed by atoms with Gasteiger partial charge in [0.05, 0.1) is 5.92 Å². The first-order valence-electron chi connectivity index (χ1n) is 7.83.